The summed E-state index contributed by atoms with van der Waals surface area (Å²) < 4.78 is 0. The molecule has 1 fully saturated rings. The minimum atomic E-state index is -0.554. The monoisotopic (exact) mass is 361 g/mol. The van der Waals surface area contributed by atoms with Gasteiger partial charge in [-0.2, -0.15) is 0 Å². The molecule has 6 nitrogen and oxygen atoms in total. The molecule has 0 aliphatic heterocycles. The SMILES string of the molecule is CN(C)c1cnc(-c2cnc(Cl)cc2NC2CCC(C)(O)CC2)nc1. The number of halogens is 1. The highest BCUT2D eigenvalue weighted by atomic mass is 35.5. The first-order valence-electron chi connectivity index (χ1n) is 8.48. The maximum Gasteiger partial charge on any atom is 0.162 e. The highest BCUT2D eigenvalue weighted by Crippen LogP contribution is 2.33. The third kappa shape index (κ3) is 4.38. The van der Waals surface area contributed by atoms with E-state index in [0.29, 0.717) is 17.0 Å². The van der Waals surface area contributed by atoms with Crippen LogP contribution in [0.4, 0.5) is 11.4 Å². The molecule has 2 N–H and O–H groups in total. The van der Waals surface area contributed by atoms with Crippen LogP contribution in [-0.4, -0.2) is 45.8 Å². The smallest absolute Gasteiger partial charge is 0.162 e. The Balaban J connectivity index is 1.83. The van der Waals surface area contributed by atoms with Crippen molar-refractivity contribution >= 4 is 23.0 Å². The Bertz CT molecular complexity index is 723. The van der Waals surface area contributed by atoms with Crippen LogP contribution in [0.5, 0.6) is 0 Å². The van der Waals surface area contributed by atoms with Crippen LogP contribution in [0, 0.1) is 0 Å². The summed E-state index contributed by atoms with van der Waals surface area (Å²) in [6.45, 7) is 1.90. The summed E-state index contributed by atoms with van der Waals surface area (Å²) in [5.41, 5.74) is 2.09. The average Bonchev–Trinajstić information content (AvgIpc) is 2.57. The van der Waals surface area contributed by atoms with Gasteiger partial charge in [0.1, 0.15) is 5.15 Å². The van der Waals surface area contributed by atoms with E-state index in [2.05, 4.69) is 20.3 Å². The van der Waals surface area contributed by atoms with Gasteiger partial charge in [-0.25, -0.2) is 15.0 Å². The Morgan fingerprint density at radius 3 is 2.40 bits per heavy atom. The summed E-state index contributed by atoms with van der Waals surface area (Å²) in [5, 5.41) is 14.1. The fourth-order valence-corrected chi connectivity index (χ4v) is 3.18. The van der Waals surface area contributed by atoms with Crippen molar-refractivity contribution in [3.05, 3.63) is 29.8 Å². The number of anilines is 2. The molecule has 2 aromatic heterocycles. The highest BCUT2D eigenvalue weighted by Gasteiger charge is 2.29. The van der Waals surface area contributed by atoms with Gasteiger partial charge in [-0.05, 0) is 38.7 Å². The number of nitrogens with one attached hydrogen (secondary N) is 1. The van der Waals surface area contributed by atoms with Gasteiger partial charge in [0.25, 0.3) is 0 Å². The lowest BCUT2D eigenvalue weighted by Gasteiger charge is -2.34. The molecule has 2 heterocycles. The minimum Gasteiger partial charge on any atom is -0.390 e. The second-order valence-electron chi connectivity index (χ2n) is 7.13. The Hall–Kier alpha value is -1.92. The van der Waals surface area contributed by atoms with Gasteiger partial charge in [-0.15, -0.1) is 0 Å². The van der Waals surface area contributed by atoms with Crippen LogP contribution < -0.4 is 10.2 Å². The highest BCUT2D eigenvalue weighted by molar-refractivity contribution is 6.29. The molecule has 2 aromatic rings. The normalized spacial score (nSPS) is 23.3. The predicted octanol–water partition coefficient (Wildman–Crippen LogP) is 3.36. The van der Waals surface area contributed by atoms with E-state index in [1.165, 1.54) is 0 Å². The van der Waals surface area contributed by atoms with E-state index in [1.807, 2.05) is 32.0 Å². The van der Waals surface area contributed by atoms with Gasteiger partial charge >= 0.3 is 0 Å². The average molecular weight is 362 g/mol. The Morgan fingerprint density at radius 2 is 1.80 bits per heavy atom. The summed E-state index contributed by atoms with van der Waals surface area (Å²) in [7, 11) is 3.90. The van der Waals surface area contributed by atoms with Crippen LogP contribution in [0.3, 0.4) is 0 Å². The molecule has 0 radical (unpaired) electrons. The van der Waals surface area contributed by atoms with Gasteiger partial charge in [-0.1, -0.05) is 11.6 Å². The fourth-order valence-electron chi connectivity index (χ4n) is 3.02. The molecular weight excluding hydrogens is 338 g/mol. The molecule has 0 aromatic carbocycles. The summed E-state index contributed by atoms with van der Waals surface area (Å²) >= 11 is 6.10. The molecule has 0 bridgehead atoms. The first-order valence-corrected chi connectivity index (χ1v) is 8.86. The van der Waals surface area contributed by atoms with Crippen LogP contribution in [-0.2, 0) is 0 Å². The number of aromatic nitrogens is 3. The second-order valence-corrected chi connectivity index (χ2v) is 7.51. The number of hydrogen-bond acceptors (Lipinski definition) is 6. The standard InChI is InChI=1S/C18H24ClN5O/c1-18(25)6-4-12(5-7-18)23-15-8-16(19)20-11-14(15)17-21-9-13(10-22-17)24(2)3/h8-12,25H,4-7H2,1-3H3,(H,20,23). The molecule has 0 saturated heterocycles. The van der Waals surface area contributed by atoms with Crippen LogP contribution in [0.25, 0.3) is 11.4 Å². The quantitative estimate of drug-likeness (QED) is 0.813. The number of hydrogen-bond donors (Lipinski definition) is 2. The molecule has 0 unspecified atom stereocenters. The Kier molecular flexibility index (Phi) is 5.11. The van der Waals surface area contributed by atoms with Crippen molar-refractivity contribution in [2.24, 2.45) is 0 Å². The molecule has 1 saturated carbocycles. The lowest BCUT2D eigenvalue weighted by Crippen LogP contribution is -2.35. The van der Waals surface area contributed by atoms with E-state index >= 15 is 0 Å². The van der Waals surface area contributed by atoms with E-state index < -0.39 is 5.60 Å². The maximum absolute atomic E-state index is 10.1. The van der Waals surface area contributed by atoms with Gasteiger partial charge in [0.05, 0.1) is 34.9 Å². The number of nitrogens with zero attached hydrogens (tertiary/aromatic N) is 4. The van der Waals surface area contributed by atoms with Gasteiger partial charge in [0.2, 0.25) is 0 Å². The lowest BCUT2D eigenvalue weighted by molar-refractivity contribution is 0.0196. The van der Waals surface area contributed by atoms with Gasteiger partial charge < -0.3 is 15.3 Å². The molecule has 134 valence electrons. The van der Waals surface area contributed by atoms with Gasteiger partial charge in [0.15, 0.2) is 5.82 Å². The van der Waals surface area contributed by atoms with Crippen molar-refractivity contribution in [3.8, 4) is 11.4 Å². The molecule has 0 atom stereocenters. The first-order chi connectivity index (χ1) is 11.8. The van der Waals surface area contributed by atoms with Crippen molar-refractivity contribution in [3.63, 3.8) is 0 Å². The number of aliphatic hydroxyl groups is 1. The Labute approximate surface area is 153 Å². The van der Waals surface area contributed by atoms with E-state index in [1.54, 1.807) is 18.6 Å². The van der Waals surface area contributed by atoms with Crippen molar-refractivity contribution < 1.29 is 5.11 Å². The van der Waals surface area contributed by atoms with Crippen molar-refractivity contribution in [2.45, 2.75) is 44.2 Å². The van der Waals surface area contributed by atoms with Crippen molar-refractivity contribution in [1.82, 2.24) is 15.0 Å². The zero-order chi connectivity index (χ0) is 18.0. The largest absolute Gasteiger partial charge is 0.390 e. The molecular formula is C18H24ClN5O. The number of pyridine rings is 1. The summed E-state index contributed by atoms with van der Waals surface area (Å²) in [6.07, 6.45) is 8.67. The fraction of sp³-hybridized carbons (Fsp3) is 0.500. The number of rotatable bonds is 4. The minimum absolute atomic E-state index is 0.290. The van der Waals surface area contributed by atoms with E-state index in [0.717, 1.165) is 42.6 Å². The second kappa shape index (κ2) is 7.14. The van der Waals surface area contributed by atoms with E-state index in [-0.39, 0.29) is 0 Å². The summed E-state index contributed by atoms with van der Waals surface area (Å²) in [5.74, 6) is 0.611. The molecule has 0 amide bonds. The first kappa shape index (κ1) is 17.9. The lowest BCUT2D eigenvalue weighted by atomic mass is 9.83. The van der Waals surface area contributed by atoms with Crippen molar-refractivity contribution in [2.75, 3.05) is 24.3 Å². The van der Waals surface area contributed by atoms with Crippen LogP contribution >= 0.6 is 11.6 Å². The maximum atomic E-state index is 10.1. The van der Waals surface area contributed by atoms with Gasteiger partial charge in [-0.3, -0.25) is 0 Å². The Morgan fingerprint density at radius 1 is 1.16 bits per heavy atom. The summed E-state index contributed by atoms with van der Waals surface area (Å²) in [6, 6.07) is 2.10. The van der Waals surface area contributed by atoms with E-state index in [4.69, 9.17) is 11.6 Å². The third-order valence-electron chi connectivity index (χ3n) is 4.69. The van der Waals surface area contributed by atoms with Crippen molar-refractivity contribution in [1.29, 1.82) is 0 Å². The van der Waals surface area contributed by atoms with Crippen LogP contribution in [0.1, 0.15) is 32.6 Å². The third-order valence-corrected chi connectivity index (χ3v) is 4.90. The molecule has 7 heteroatoms. The molecule has 1 aliphatic carbocycles. The summed E-state index contributed by atoms with van der Waals surface area (Å²) in [4.78, 5) is 15.1. The van der Waals surface area contributed by atoms with E-state index in [9.17, 15) is 5.11 Å². The van der Waals surface area contributed by atoms with Crippen LogP contribution in [0.15, 0.2) is 24.7 Å². The molecule has 25 heavy (non-hydrogen) atoms. The molecule has 3 rings (SSSR count). The molecule has 0 spiro atoms. The molecule has 1 aliphatic rings. The zero-order valence-corrected chi connectivity index (χ0v) is 15.6. The zero-order valence-electron chi connectivity index (χ0n) is 14.8. The van der Waals surface area contributed by atoms with Crippen LogP contribution in [0.2, 0.25) is 5.15 Å². The predicted molar refractivity (Wildman–Crippen MR) is 101 cm³/mol. The van der Waals surface area contributed by atoms with Gasteiger partial charge in [0, 0.05) is 26.3 Å². The topological polar surface area (TPSA) is 74.2 Å².